The molecule has 0 aliphatic rings. The maximum atomic E-state index is 11.2. The fourth-order valence-corrected chi connectivity index (χ4v) is 8.12. The molecule has 0 saturated heterocycles. The zero-order chi connectivity index (χ0) is 19.2. The van der Waals surface area contributed by atoms with Gasteiger partial charge in [0, 0.05) is 13.0 Å². The van der Waals surface area contributed by atoms with Gasteiger partial charge in [0.2, 0.25) is 0 Å². The average Bonchev–Trinajstić information content (AvgIpc) is 2.58. The van der Waals surface area contributed by atoms with Crippen molar-refractivity contribution in [1.29, 1.82) is 0 Å². The highest BCUT2D eigenvalue weighted by atomic mass is 28.4. The normalized spacial score (nSPS) is 13.4. The quantitative estimate of drug-likeness (QED) is 0.725. The molecule has 26 heavy (non-hydrogen) atoms. The smallest absolute Gasteiger partial charge is 0.261 e. The Labute approximate surface area is 158 Å². The minimum Gasteiger partial charge on any atom is -0.407 e. The van der Waals surface area contributed by atoms with E-state index < -0.39 is 14.4 Å². The van der Waals surface area contributed by atoms with Gasteiger partial charge in [-0.2, -0.15) is 0 Å². The molecule has 1 atom stereocenters. The topological polar surface area (TPSA) is 46.5 Å². The summed E-state index contributed by atoms with van der Waals surface area (Å²) in [7, 11) is -2.55. The Hall–Kier alpha value is -1.75. The van der Waals surface area contributed by atoms with E-state index in [9.17, 15) is 9.90 Å². The molecule has 1 N–H and O–H groups in total. The lowest BCUT2D eigenvalue weighted by atomic mass is 10.1. The van der Waals surface area contributed by atoms with E-state index in [0.717, 1.165) is 0 Å². The van der Waals surface area contributed by atoms with Gasteiger partial charge < -0.3 is 9.53 Å². The van der Waals surface area contributed by atoms with Crippen LogP contribution in [0.3, 0.4) is 0 Å². The molecule has 0 aliphatic heterocycles. The third-order valence-electron chi connectivity index (χ3n) is 4.71. The monoisotopic (exact) mass is 370 g/mol. The molecule has 0 aliphatic carbocycles. The minimum absolute atomic E-state index is 0.00273. The second kappa shape index (κ2) is 8.76. The van der Waals surface area contributed by atoms with E-state index in [-0.39, 0.29) is 17.2 Å². The van der Waals surface area contributed by atoms with Crippen molar-refractivity contribution in [2.75, 3.05) is 6.61 Å². The van der Waals surface area contributed by atoms with Gasteiger partial charge >= 0.3 is 0 Å². The molecule has 2 aromatic rings. The van der Waals surface area contributed by atoms with Crippen LogP contribution in [0.4, 0.5) is 0 Å². The fourth-order valence-electron chi connectivity index (χ4n) is 3.54. The average molecular weight is 371 g/mol. The van der Waals surface area contributed by atoms with E-state index >= 15 is 0 Å². The van der Waals surface area contributed by atoms with Crippen LogP contribution < -0.4 is 10.4 Å². The number of hydrogen-bond acceptors (Lipinski definition) is 3. The van der Waals surface area contributed by atoms with Crippen LogP contribution in [-0.2, 0) is 9.22 Å². The number of Topliss-reactive ketones (excluding diaryl/α,β-unsaturated/α-hetero) is 1. The lowest BCUT2D eigenvalue weighted by Gasteiger charge is -2.43. The van der Waals surface area contributed by atoms with Gasteiger partial charge in [0.05, 0.1) is 6.10 Å². The Bertz CT molecular complexity index is 653. The van der Waals surface area contributed by atoms with Gasteiger partial charge in [-0.25, -0.2) is 0 Å². The molecule has 2 rings (SSSR count). The molecule has 0 unspecified atom stereocenters. The van der Waals surface area contributed by atoms with E-state index in [2.05, 4.69) is 69.3 Å². The minimum atomic E-state index is -2.55. The number of aliphatic hydroxyl groups is 1. The van der Waals surface area contributed by atoms with Crippen molar-refractivity contribution in [2.45, 2.75) is 51.7 Å². The molecule has 0 radical (unpaired) electrons. The van der Waals surface area contributed by atoms with Gasteiger partial charge in [0.15, 0.2) is 0 Å². The Kier molecular flexibility index (Phi) is 6.92. The fraction of sp³-hybridized carbons (Fsp3) is 0.409. The number of carbonyl (C=O) groups is 1. The molecule has 0 aromatic heterocycles. The molecule has 3 nitrogen and oxygen atoms in total. The number of rotatable bonds is 8. The SMILES string of the molecule is CC(=O)C[C@@H](O)CCO[Si](c1ccccc1)(c1ccccc1)C(C)(C)C. The van der Waals surface area contributed by atoms with E-state index in [1.54, 1.807) is 0 Å². The van der Waals surface area contributed by atoms with Crippen molar-refractivity contribution in [3.63, 3.8) is 0 Å². The van der Waals surface area contributed by atoms with Gasteiger partial charge in [0.1, 0.15) is 5.78 Å². The summed E-state index contributed by atoms with van der Waals surface area (Å²) in [6.45, 7) is 8.62. The number of benzene rings is 2. The number of carbonyl (C=O) groups excluding carboxylic acids is 1. The van der Waals surface area contributed by atoms with Crippen molar-refractivity contribution < 1.29 is 14.3 Å². The maximum Gasteiger partial charge on any atom is 0.261 e. The van der Waals surface area contributed by atoms with Crippen molar-refractivity contribution >= 4 is 24.5 Å². The van der Waals surface area contributed by atoms with Crippen LogP contribution in [0.25, 0.3) is 0 Å². The van der Waals surface area contributed by atoms with Crippen molar-refractivity contribution in [2.24, 2.45) is 0 Å². The lowest BCUT2D eigenvalue weighted by Crippen LogP contribution is -2.66. The highest BCUT2D eigenvalue weighted by Crippen LogP contribution is 2.36. The first kappa shape index (κ1) is 20.6. The van der Waals surface area contributed by atoms with Crippen molar-refractivity contribution in [1.82, 2.24) is 0 Å². The van der Waals surface area contributed by atoms with Crippen molar-refractivity contribution in [3.05, 3.63) is 60.7 Å². The van der Waals surface area contributed by atoms with E-state index in [4.69, 9.17) is 4.43 Å². The lowest BCUT2D eigenvalue weighted by molar-refractivity contribution is -0.118. The van der Waals surface area contributed by atoms with Crippen LogP contribution in [-0.4, -0.2) is 31.9 Å². The Morgan fingerprint density at radius 1 is 1.00 bits per heavy atom. The first-order valence-electron chi connectivity index (χ1n) is 9.20. The maximum absolute atomic E-state index is 11.2. The summed E-state index contributed by atoms with van der Waals surface area (Å²) in [5, 5.41) is 12.4. The molecular formula is C22H30O3Si. The van der Waals surface area contributed by atoms with Gasteiger partial charge in [0.25, 0.3) is 8.32 Å². The standard InChI is InChI=1S/C22H30O3Si/c1-18(23)17-19(24)15-16-25-26(22(2,3)4,20-11-7-5-8-12-20)21-13-9-6-10-14-21/h5-14,19,24H,15-17H2,1-4H3/t19-/m0/s1. The summed E-state index contributed by atoms with van der Waals surface area (Å²) in [4.78, 5) is 11.2. The molecule has 140 valence electrons. The molecule has 0 bridgehead atoms. The van der Waals surface area contributed by atoms with Crippen molar-refractivity contribution in [3.8, 4) is 0 Å². The zero-order valence-electron chi connectivity index (χ0n) is 16.2. The van der Waals surface area contributed by atoms with E-state index in [1.807, 2.05) is 12.1 Å². The Morgan fingerprint density at radius 3 is 1.85 bits per heavy atom. The number of hydrogen-bond donors (Lipinski definition) is 1. The molecular weight excluding hydrogens is 340 g/mol. The van der Waals surface area contributed by atoms with Crippen LogP contribution in [0.1, 0.15) is 40.5 Å². The number of aliphatic hydroxyl groups excluding tert-OH is 1. The van der Waals surface area contributed by atoms with Gasteiger partial charge in [-0.05, 0) is 28.8 Å². The molecule has 0 heterocycles. The summed E-state index contributed by atoms with van der Waals surface area (Å²) in [5.41, 5.74) is 0. The summed E-state index contributed by atoms with van der Waals surface area (Å²) in [6.07, 6.45) is -0.000478. The third-order valence-corrected chi connectivity index (χ3v) is 9.75. The number of ketones is 1. The molecule has 2 aromatic carbocycles. The second-order valence-electron chi connectivity index (χ2n) is 7.86. The van der Waals surface area contributed by atoms with Crippen LogP contribution >= 0.6 is 0 Å². The molecule has 0 saturated carbocycles. The van der Waals surface area contributed by atoms with Gasteiger partial charge in [-0.15, -0.1) is 0 Å². The van der Waals surface area contributed by atoms with E-state index in [0.29, 0.717) is 13.0 Å². The summed E-state index contributed by atoms with van der Waals surface area (Å²) < 4.78 is 6.69. The highest BCUT2D eigenvalue weighted by Gasteiger charge is 2.50. The summed E-state index contributed by atoms with van der Waals surface area (Å²) >= 11 is 0. The molecule has 4 heteroatoms. The Morgan fingerprint density at radius 2 is 1.46 bits per heavy atom. The van der Waals surface area contributed by atoms with Crippen LogP contribution in [0.5, 0.6) is 0 Å². The van der Waals surface area contributed by atoms with Gasteiger partial charge in [-0.1, -0.05) is 81.4 Å². The first-order valence-corrected chi connectivity index (χ1v) is 11.1. The van der Waals surface area contributed by atoms with Gasteiger partial charge in [-0.3, -0.25) is 4.79 Å². The predicted octanol–water partition coefficient (Wildman–Crippen LogP) is 3.29. The molecule has 0 amide bonds. The summed E-state index contributed by atoms with van der Waals surface area (Å²) in [6, 6.07) is 20.9. The van der Waals surface area contributed by atoms with Crippen LogP contribution in [0.2, 0.25) is 5.04 Å². The van der Waals surface area contributed by atoms with Crippen LogP contribution in [0, 0.1) is 0 Å². The highest BCUT2D eigenvalue weighted by molar-refractivity contribution is 6.99. The zero-order valence-corrected chi connectivity index (χ0v) is 17.2. The van der Waals surface area contributed by atoms with E-state index in [1.165, 1.54) is 17.3 Å². The first-order chi connectivity index (χ1) is 12.3. The second-order valence-corrected chi connectivity index (χ2v) is 12.2. The van der Waals surface area contributed by atoms with Crippen LogP contribution in [0.15, 0.2) is 60.7 Å². The Balaban J connectivity index is 2.39. The third kappa shape index (κ3) is 4.70. The largest absolute Gasteiger partial charge is 0.407 e. The summed E-state index contributed by atoms with van der Waals surface area (Å²) in [5.74, 6) is 0.00273. The molecule has 0 spiro atoms. The predicted molar refractivity (Wildman–Crippen MR) is 109 cm³/mol. The molecule has 0 fully saturated rings.